The van der Waals surface area contributed by atoms with E-state index in [4.69, 9.17) is 4.74 Å². The van der Waals surface area contributed by atoms with Crippen molar-refractivity contribution in [2.24, 2.45) is 0 Å². The van der Waals surface area contributed by atoms with Crippen molar-refractivity contribution >= 4 is 11.9 Å². The molecule has 1 aliphatic rings. The van der Waals surface area contributed by atoms with Crippen molar-refractivity contribution in [1.29, 1.82) is 0 Å². The average molecular weight is 266 g/mol. The Bertz CT molecular complexity index is 714. The molecule has 20 heavy (non-hydrogen) atoms. The van der Waals surface area contributed by atoms with E-state index >= 15 is 0 Å². The Morgan fingerprint density at radius 3 is 2.80 bits per heavy atom. The number of allylic oxidation sites excluding steroid dienone is 1. The first kappa shape index (κ1) is 12.5. The highest BCUT2D eigenvalue weighted by molar-refractivity contribution is 6.14. The van der Waals surface area contributed by atoms with E-state index in [-0.39, 0.29) is 11.5 Å². The monoisotopic (exact) mass is 266 g/mol. The molecule has 0 saturated heterocycles. The number of ether oxygens (including phenoxy) is 1. The Morgan fingerprint density at radius 1 is 1.20 bits per heavy atom. The number of carbonyl (C=O) groups excluding carboxylic acids is 1. The highest BCUT2D eigenvalue weighted by Gasteiger charge is 2.27. The number of aromatic hydroxyl groups is 1. The number of phenolic OH excluding ortho intramolecular Hbond substituents is 1. The smallest absolute Gasteiger partial charge is 0.231 e. The number of aryl methyl sites for hydroxylation is 1. The molecule has 0 unspecified atom stereocenters. The summed E-state index contributed by atoms with van der Waals surface area (Å²) in [6.07, 6.45) is 2.65. The SMILES string of the molecule is CCc1ccccc1/C=C1\Oc2cc(O)ccc2C1=O. The van der Waals surface area contributed by atoms with Crippen LogP contribution in [-0.2, 0) is 6.42 Å². The molecule has 0 atom stereocenters. The summed E-state index contributed by atoms with van der Waals surface area (Å²) in [6, 6.07) is 12.4. The summed E-state index contributed by atoms with van der Waals surface area (Å²) < 4.78 is 5.56. The summed E-state index contributed by atoms with van der Waals surface area (Å²) >= 11 is 0. The second-order valence-corrected chi connectivity index (χ2v) is 4.67. The van der Waals surface area contributed by atoms with Crippen LogP contribution in [0.15, 0.2) is 48.2 Å². The van der Waals surface area contributed by atoms with Crippen LogP contribution in [0.3, 0.4) is 0 Å². The first-order valence-electron chi connectivity index (χ1n) is 6.54. The van der Waals surface area contributed by atoms with Crippen molar-refractivity contribution in [1.82, 2.24) is 0 Å². The van der Waals surface area contributed by atoms with Gasteiger partial charge in [-0.1, -0.05) is 31.2 Å². The van der Waals surface area contributed by atoms with Crippen molar-refractivity contribution in [3.05, 3.63) is 64.9 Å². The number of benzene rings is 2. The zero-order chi connectivity index (χ0) is 14.1. The van der Waals surface area contributed by atoms with Crippen molar-refractivity contribution in [2.75, 3.05) is 0 Å². The van der Waals surface area contributed by atoms with Crippen LogP contribution < -0.4 is 4.74 Å². The maximum atomic E-state index is 12.2. The van der Waals surface area contributed by atoms with Crippen molar-refractivity contribution in [3.63, 3.8) is 0 Å². The lowest BCUT2D eigenvalue weighted by Crippen LogP contribution is -1.99. The molecule has 1 aliphatic heterocycles. The fourth-order valence-electron chi connectivity index (χ4n) is 2.31. The van der Waals surface area contributed by atoms with E-state index in [1.54, 1.807) is 12.1 Å². The largest absolute Gasteiger partial charge is 0.508 e. The molecule has 1 N–H and O–H groups in total. The van der Waals surface area contributed by atoms with Crippen LogP contribution >= 0.6 is 0 Å². The van der Waals surface area contributed by atoms with Crippen LogP contribution in [0.2, 0.25) is 0 Å². The maximum absolute atomic E-state index is 12.2. The molecule has 3 heteroatoms. The van der Waals surface area contributed by atoms with Gasteiger partial charge in [0.05, 0.1) is 5.56 Å². The third-order valence-corrected chi connectivity index (χ3v) is 3.38. The molecule has 0 saturated carbocycles. The van der Waals surface area contributed by atoms with Gasteiger partial charge in [0.25, 0.3) is 0 Å². The summed E-state index contributed by atoms with van der Waals surface area (Å²) in [5.41, 5.74) is 2.63. The molecule has 0 amide bonds. The Morgan fingerprint density at radius 2 is 2.00 bits per heavy atom. The topological polar surface area (TPSA) is 46.5 Å². The molecule has 100 valence electrons. The van der Waals surface area contributed by atoms with Gasteiger partial charge in [0.2, 0.25) is 5.78 Å². The second kappa shape index (κ2) is 4.85. The van der Waals surface area contributed by atoms with Gasteiger partial charge in [0, 0.05) is 6.07 Å². The van der Waals surface area contributed by atoms with Gasteiger partial charge in [0.15, 0.2) is 5.76 Å². The number of carbonyl (C=O) groups is 1. The van der Waals surface area contributed by atoms with Gasteiger partial charge in [0.1, 0.15) is 11.5 Å². The molecule has 0 spiro atoms. The highest BCUT2D eigenvalue weighted by Crippen LogP contribution is 2.34. The van der Waals surface area contributed by atoms with Crippen molar-refractivity contribution in [2.45, 2.75) is 13.3 Å². The molecule has 3 nitrogen and oxygen atoms in total. The molecular formula is C17H14O3. The predicted molar refractivity (Wildman–Crippen MR) is 76.9 cm³/mol. The van der Waals surface area contributed by atoms with E-state index in [9.17, 15) is 9.90 Å². The van der Waals surface area contributed by atoms with Gasteiger partial charge in [-0.3, -0.25) is 4.79 Å². The standard InChI is InChI=1S/C17H14O3/c1-2-11-5-3-4-6-12(11)9-16-17(19)14-8-7-13(18)10-15(14)20-16/h3-10,18H,2H2,1H3/b16-9-. The van der Waals surface area contributed by atoms with E-state index in [2.05, 4.69) is 6.92 Å². The highest BCUT2D eigenvalue weighted by atomic mass is 16.5. The fourth-order valence-corrected chi connectivity index (χ4v) is 2.31. The summed E-state index contributed by atoms with van der Waals surface area (Å²) in [4.78, 5) is 12.2. The quantitative estimate of drug-likeness (QED) is 0.845. The fraction of sp³-hybridized carbons (Fsp3) is 0.118. The number of phenols is 1. The molecule has 3 rings (SSSR count). The Hall–Kier alpha value is -2.55. The van der Waals surface area contributed by atoms with Crippen LogP contribution in [0.5, 0.6) is 11.5 Å². The Kier molecular flexibility index (Phi) is 3.03. The van der Waals surface area contributed by atoms with Crippen LogP contribution in [0.1, 0.15) is 28.4 Å². The van der Waals surface area contributed by atoms with Gasteiger partial charge < -0.3 is 9.84 Å². The minimum atomic E-state index is -0.147. The van der Waals surface area contributed by atoms with Gasteiger partial charge in [-0.05, 0) is 35.8 Å². The number of ketones is 1. The van der Waals surface area contributed by atoms with Gasteiger partial charge in [-0.2, -0.15) is 0 Å². The van der Waals surface area contributed by atoms with Crippen LogP contribution in [0.25, 0.3) is 6.08 Å². The number of Topliss-reactive ketones (excluding diaryl/α,β-unsaturated/α-hetero) is 1. The minimum Gasteiger partial charge on any atom is -0.508 e. The van der Waals surface area contributed by atoms with Crippen LogP contribution in [0.4, 0.5) is 0 Å². The third kappa shape index (κ3) is 2.07. The molecule has 0 fully saturated rings. The summed E-state index contributed by atoms with van der Waals surface area (Å²) in [5, 5.41) is 9.43. The lowest BCUT2D eigenvalue weighted by Gasteiger charge is -2.03. The molecule has 0 bridgehead atoms. The van der Waals surface area contributed by atoms with Crippen LogP contribution in [0, 0.1) is 0 Å². The maximum Gasteiger partial charge on any atom is 0.231 e. The molecular weight excluding hydrogens is 252 g/mol. The summed E-state index contributed by atoms with van der Waals surface area (Å²) in [6.45, 7) is 2.07. The summed E-state index contributed by atoms with van der Waals surface area (Å²) in [7, 11) is 0. The van der Waals surface area contributed by atoms with E-state index < -0.39 is 0 Å². The van der Waals surface area contributed by atoms with E-state index in [0.29, 0.717) is 17.1 Å². The molecule has 0 radical (unpaired) electrons. The average Bonchev–Trinajstić information content (AvgIpc) is 2.75. The first-order chi connectivity index (χ1) is 9.69. The first-order valence-corrected chi connectivity index (χ1v) is 6.54. The number of rotatable bonds is 2. The van der Waals surface area contributed by atoms with Crippen molar-refractivity contribution in [3.8, 4) is 11.5 Å². The van der Waals surface area contributed by atoms with E-state index in [0.717, 1.165) is 17.5 Å². The van der Waals surface area contributed by atoms with Crippen molar-refractivity contribution < 1.29 is 14.6 Å². The number of hydrogen-bond acceptors (Lipinski definition) is 3. The normalized spacial score (nSPS) is 15.2. The molecule has 2 aromatic rings. The molecule has 0 aliphatic carbocycles. The van der Waals surface area contributed by atoms with E-state index in [1.165, 1.54) is 12.1 Å². The lowest BCUT2D eigenvalue weighted by atomic mass is 10.0. The zero-order valence-electron chi connectivity index (χ0n) is 11.1. The molecule has 0 aromatic heterocycles. The Balaban J connectivity index is 2.01. The number of fused-ring (bicyclic) bond motifs is 1. The minimum absolute atomic E-state index is 0.0896. The Labute approximate surface area is 117 Å². The second-order valence-electron chi connectivity index (χ2n) is 4.67. The third-order valence-electron chi connectivity index (χ3n) is 3.38. The predicted octanol–water partition coefficient (Wildman–Crippen LogP) is 3.57. The van der Waals surface area contributed by atoms with Crippen LogP contribution in [-0.4, -0.2) is 10.9 Å². The lowest BCUT2D eigenvalue weighted by molar-refractivity contribution is 0.101. The molecule has 2 aromatic carbocycles. The van der Waals surface area contributed by atoms with Gasteiger partial charge in [-0.15, -0.1) is 0 Å². The van der Waals surface area contributed by atoms with Gasteiger partial charge in [-0.25, -0.2) is 0 Å². The molecule has 1 heterocycles. The number of hydrogen-bond donors (Lipinski definition) is 1. The zero-order valence-corrected chi connectivity index (χ0v) is 11.1. The van der Waals surface area contributed by atoms with Gasteiger partial charge >= 0.3 is 0 Å². The van der Waals surface area contributed by atoms with E-state index in [1.807, 2.05) is 24.3 Å². The summed E-state index contributed by atoms with van der Waals surface area (Å²) in [5.74, 6) is 0.652.